The zero-order chi connectivity index (χ0) is 51.9. The van der Waals surface area contributed by atoms with Gasteiger partial charge in [-0.3, -0.25) is 34.2 Å². The lowest BCUT2D eigenvalue weighted by Gasteiger charge is -2.30. The fourth-order valence-electron chi connectivity index (χ4n) is 8.78. The Bertz CT molecular complexity index is 2730. The number of aromatic nitrogens is 5. The third-order valence-electron chi connectivity index (χ3n) is 12.6. The summed E-state index contributed by atoms with van der Waals surface area (Å²) < 4.78 is 76.5. The summed E-state index contributed by atoms with van der Waals surface area (Å²) in [6, 6.07) is 12.7. The lowest BCUT2D eigenvalue weighted by Crippen LogP contribution is -2.52. The molecule has 1 unspecified atom stereocenters. The van der Waals surface area contributed by atoms with Gasteiger partial charge in [-0.2, -0.15) is 13.2 Å². The van der Waals surface area contributed by atoms with Gasteiger partial charge in [0.05, 0.1) is 88.7 Å². The number of halogens is 3. The number of nitrogens with one attached hydrogen (secondary N) is 2. The van der Waals surface area contributed by atoms with Gasteiger partial charge in [-0.1, -0.05) is 42.7 Å². The molecule has 8 rings (SSSR count). The van der Waals surface area contributed by atoms with Crippen molar-refractivity contribution in [1.29, 1.82) is 0 Å². The molecule has 1 atom stereocenters. The number of benzene rings is 2. The normalized spacial score (nSPS) is 15.8. The zero-order valence-electron chi connectivity index (χ0n) is 41.2. The maximum absolute atomic E-state index is 13.3. The van der Waals surface area contributed by atoms with Gasteiger partial charge in [0.1, 0.15) is 29.8 Å². The Labute approximate surface area is 426 Å². The molecule has 6 heterocycles. The van der Waals surface area contributed by atoms with Crippen LogP contribution in [0.15, 0.2) is 73.2 Å². The first-order valence-electron chi connectivity index (χ1n) is 24.8. The fourth-order valence-corrected chi connectivity index (χ4v) is 8.78. The highest BCUT2D eigenvalue weighted by Gasteiger charge is 2.40. The van der Waals surface area contributed by atoms with Crippen molar-refractivity contribution in [3.63, 3.8) is 0 Å². The minimum absolute atomic E-state index is 0.131. The third kappa shape index (κ3) is 14.4. The topological polar surface area (TPSA) is 211 Å². The Balaban J connectivity index is 0.672. The van der Waals surface area contributed by atoms with Crippen LogP contribution in [-0.4, -0.2) is 132 Å². The maximum Gasteiger partial charge on any atom is 0.416 e. The summed E-state index contributed by atoms with van der Waals surface area (Å²) in [4.78, 5) is 63.0. The molecule has 2 N–H and O–H groups in total. The van der Waals surface area contributed by atoms with E-state index >= 15 is 0 Å². The van der Waals surface area contributed by atoms with Gasteiger partial charge in [0.25, 0.3) is 11.8 Å². The van der Waals surface area contributed by atoms with Crippen LogP contribution in [0.4, 0.5) is 24.5 Å². The van der Waals surface area contributed by atoms with Crippen molar-refractivity contribution in [1.82, 2.24) is 35.2 Å². The van der Waals surface area contributed by atoms with Crippen LogP contribution in [0.25, 0.3) is 11.1 Å². The van der Waals surface area contributed by atoms with Gasteiger partial charge >= 0.3 is 6.18 Å². The van der Waals surface area contributed by atoms with Crippen LogP contribution in [0.2, 0.25) is 0 Å². The number of morpholine rings is 1. The van der Waals surface area contributed by atoms with E-state index in [-0.39, 0.29) is 30.4 Å². The van der Waals surface area contributed by atoms with Crippen LogP contribution in [0.1, 0.15) is 88.2 Å². The van der Waals surface area contributed by atoms with E-state index in [0.29, 0.717) is 125 Å². The Morgan fingerprint density at radius 1 is 0.851 bits per heavy atom. The number of piperidine rings is 1. The number of unbranched alkanes of at least 4 members (excludes halogenated alkanes) is 4. The summed E-state index contributed by atoms with van der Waals surface area (Å²) in [5.41, 5.74) is 4.12. The molecule has 0 bridgehead atoms. The number of aryl methyl sites for hydroxylation is 2. The second-order valence-electron chi connectivity index (χ2n) is 17.9. The van der Waals surface area contributed by atoms with Crippen molar-refractivity contribution in [2.24, 2.45) is 0 Å². The van der Waals surface area contributed by atoms with Crippen LogP contribution >= 0.6 is 0 Å². The highest BCUT2D eigenvalue weighted by Crippen LogP contribution is 2.36. The molecule has 0 spiro atoms. The van der Waals surface area contributed by atoms with E-state index in [2.05, 4.69) is 35.8 Å². The minimum Gasteiger partial charge on any atom is -0.493 e. The summed E-state index contributed by atoms with van der Waals surface area (Å²) in [7, 11) is 0. The molecule has 3 aliphatic heterocycles. The average molecular weight is 1030 g/mol. The van der Waals surface area contributed by atoms with Gasteiger partial charge in [-0.25, -0.2) is 4.98 Å². The molecule has 0 aliphatic carbocycles. The molecule has 5 aromatic rings. The van der Waals surface area contributed by atoms with Crippen molar-refractivity contribution in [3.8, 4) is 22.8 Å². The van der Waals surface area contributed by atoms with Gasteiger partial charge in [-0.05, 0) is 68.1 Å². The minimum atomic E-state index is -4.58. The Morgan fingerprint density at radius 3 is 2.41 bits per heavy atom. The highest BCUT2D eigenvalue weighted by molar-refractivity contribution is 6.07. The van der Waals surface area contributed by atoms with E-state index in [1.165, 1.54) is 23.2 Å². The number of rotatable bonds is 26. The number of amides is 4. The van der Waals surface area contributed by atoms with Crippen LogP contribution in [-0.2, 0) is 54.4 Å². The maximum atomic E-state index is 13.3. The van der Waals surface area contributed by atoms with Crippen LogP contribution < -0.4 is 25.0 Å². The van der Waals surface area contributed by atoms with Crippen LogP contribution in [0.5, 0.6) is 11.6 Å². The van der Waals surface area contributed by atoms with Gasteiger partial charge in [0.2, 0.25) is 17.7 Å². The molecule has 74 heavy (non-hydrogen) atoms. The molecule has 4 amide bonds. The summed E-state index contributed by atoms with van der Waals surface area (Å²) in [6.45, 7) is 7.99. The number of hydrogen-bond acceptors (Lipinski definition) is 15. The molecule has 22 heteroatoms. The Hall–Kier alpha value is -7.01. The van der Waals surface area contributed by atoms with Gasteiger partial charge < -0.3 is 43.5 Å². The number of carbonyl (C=O) groups excluding carboxylic acids is 4. The monoisotopic (exact) mass is 1030 g/mol. The van der Waals surface area contributed by atoms with Crippen molar-refractivity contribution >= 4 is 35.0 Å². The van der Waals surface area contributed by atoms with E-state index in [9.17, 15) is 32.3 Å². The van der Waals surface area contributed by atoms with E-state index in [1.807, 2.05) is 36.0 Å². The van der Waals surface area contributed by atoms with E-state index in [1.54, 1.807) is 18.3 Å². The highest BCUT2D eigenvalue weighted by atomic mass is 19.4. The SMILES string of the molecule is Cc1ncc(NC(=O)c2cccc(C(F)(F)F)c2)cc1-c1cnc(OCCOCCOCCOCc2cn(CCCCCCCOc3cccc4c3C(=O)N(C3CCC(=O)NC3=O)C4)nn2)c(N2CCOCC2)c1. The molecule has 19 nitrogen and oxygen atoms in total. The Morgan fingerprint density at radius 2 is 1.61 bits per heavy atom. The molecule has 2 saturated heterocycles. The third-order valence-corrected chi connectivity index (χ3v) is 12.6. The molecule has 3 aromatic heterocycles. The number of ether oxygens (including phenoxy) is 6. The van der Waals surface area contributed by atoms with Gasteiger partial charge in [-0.15, -0.1) is 5.10 Å². The van der Waals surface area contributed by atoms with Crippen molar-refractivity contribution in [2.75, 3.05) is 82.8 Å². The number of nitrogens with zero attached hydrogens (tertiary/aromatic N) is 7. The summed E-state index contributed by atoms with van der Waals surface area (Å²) in [6.07, 6.45) is 5.74. The zero-order valence-corrected chi connectivity index (χ0v) is 41.2. The summed E-state index contributed by atoms with van der Waals surface area (Å²) in [5, 5.41) is 13.4. The first kappa shape index (κ1) is 53.3. The Kier molecular flexibility index (Phi) is 18.6. The van der Waals surface area contributed by atoms with Gasteiger partial charge in [0.15, 0.2) is 0 Å². The predicted molar refractivity (Wildman–Crippen MR) is 263 cm³/mol. The lowest BCUT2D eigenvalue weighted by molar-refractivity contribution is -0.138. The number of fused-ring (bicyclic) bond motifs is 1. The molecular weight excluding hydrogens is 968 g/mol. The van der Waals surface area contributed by atoms with Crippen molar-refractivity contribution in [2.45, 2.75) is 83.8 Å². The number of anilines is 2. The molecule has 394 valence electrons. The smallest absolute Gasteiger partial charge is 0.416 e. The second kappa shape index (κ2) is 25.8. The number of imide groups is 1. The molecule has 0 saturated carbocycles. The van der Waals surface area contributed by atoms with Crippen LogP contribution in [0, 0.1) is 6.92 Å². The standard InChI is InChI=1S/C52H60F3N9O10/c1-35-42(29-40(31-56-35)58-48(66)36-9-7-11-39(27-36)52(53,54)55)38-28-44(62-16-19-69-20-17-62)50(57-30-38)74-26-25-71-22-21-70-23-24-72-34-41-33-63(61-60-41)15-5-3-2-4-6-18-73-45-12-8-10-37-32-64(51(68)47(37)45)43-13-14-46(65)59-49(43)67/h7-12,27-31,33,43H,2-6,13-26,32,34H2,1H3,(H,58,66)(H,59,65,67). The number of alkyl halides is 3. The average Bonchev–Trinajstić information content (AvgIpc) is 4.00. The summed E-state index contributed by atoms with van der Waals surface area (Å²) >= 11 is 0. The fraction of sp³-hybridized carbons (Fsp3) is 0.462. The predicted octanol–water partition coefficient (Wildman–Crippen LogP) is 6.57. The van der Waals surface area contributed by atoms with E-state index in [4.69, 9.17) is 28.4 Å². The lowest BCUT2D eigenvalue weighted by atomic mass is 10.0. The molecule has 2 fully saturated rings. The first-order valence-corrected chi connectivity index (χ1v) is 24.8. The van der Waals surface area contributed by atoms with E-state index < -0.39 is 29.6 Å². The number of hydrogen-bond donors (Lipinski definition) is 2. The van der Waals surface area contributed by atoms with Crippen molar-refractivity contribution in [3.05, 3.63) is 107 Å². The van der Waals surface area contributed by atoms with E-state index in [0.717, 1.165) is 67.7 Å². The number of carbonyl (C=O) groups is 4. The van der Waals surface area contributed by atoms with Crippen molar-refractivity contribution < 1.29 is 60.8 Å². The van der Waals surface area contributed by atoms with Crippen LogP contribution in [0.3, 0.4) is 0 Å². The van der Waals surface area contributed by atoms with Gasteiger partial charge in [0, 0.05) is 61.2 Å². The summed E-state index contributed by atoms with van der Waals surface area (Å²) in [5.74, 6) is -0.736. The molecular formula is C52H60F3N9O10. The number of pyridine rings is 2. The molecule has 2 aromatic carbocycles. The second-order valence-corrected chi connectivity index (χ2v) is 17.9. The molecule has 0 radical (unpaired) electrons. The molecule has 3 aliphatic rings. The first-order chi connectivity index (χ1) is 35.9. The quantitative estimate of drug-likeness (QED) is 0.0443. The largest absolute Gasteiger partial charge is 0.493 e.